The van der Waals surface area contributed by atoms with Gasteiger partial charge in [-0.05, 0) is 50.6 Å². The van der Waals surface area contributed by atoms with Crippen molar-refractivity contribution in [3.8, 4) is 0 Å². The minimum atomic E-state index is -1.16. The van der Waals surface area contributed by atoms with E-state index < -0.39 is 16.9 Å². The van der Waals surface area contributed by atoms with E-state index in [0.717, 1.165) is 17.0 Å². The van der Waals surface area contributed by atoms with Crippen LogP contribution in [-0.2, 0) is 10.8 Å². The van der Waals surface area contributed by atoms with Crippen LogP contribution >= 0.6 is 10.7 Å². The predicted molar refractivity (Wildman–Crippen MR) is 127 cm³/mol. The van der Waals surface area contributed by atoms with E-state index in [2.05, 4.69) is 39.5 Å². The van der Waals surface area contributed by atoms with Crippen molar-refractivity contribution in [1.29, 1.82) is 0 Å². The van der Waals surface area contributed by atoms with Gasteiger partial charge in [-0.2, -0.15) is 0 Å². The van der Waals surface area contributed by atoms with E-state index in [4.69, 9.17) is 4.99 Å². The summed E-state index contributed by atoms with van der Waals surface area (Å²) in [6.07, 6.45) is 10.5. The fraction of sp³-hybridized carbons (Fsp3) is 0.667. The Kier molecular flexibility index (Phi) is 7.64. The molecule has 6 nitrogen and oxygen atoms in total. The molecule has 6 atom stereocenters. The summed E-state index contributed by atoms with van der Waals surface area (Å²) in [4.78, 5) is 9.14. The summed E-state index contributed by atoms with van der Waals surface area (Å²) in [7, 11) is 0.436. The van der Waals surface area contributed by atoms with Gasteiger partial charge in [0.25, 0.3) is 0 Å². The van der Waals surface area contributed by atoms with Crippen LogP contribution in [-0.4, -0.2) is 62.3 Å². The third kappa shape index (κ3) is 4.98. The van der Waals surface area contributed by atoms with Gasteiger partial charge in [0.05, 0.1) is 22.2 Å². The van der Waals surface area contributed by atoms with Crippen molar-refractivity contribution >= 4 is 37.7 Å². The third-order valence-corrected chi connectivity index (χ3v) is 8.78. The molecular weight excluding hydrogens is 404 g/mol. The van der Waals surface area contributed by atoms with Crippen molar-refractivity contribution in [1.82, 2.24) is 10.0 Å². The summed E-state index contributed by atoms with van der Waals surface area (Å²) in [6, 6.07) is 0.477. The summed E-state index contributed by atoms with van der Waals surface area (Å²) in [5.74, 6) is -0.164. The van der Waals surface area contributed by atoms with Gasteiger partial charge in [0.15, 0.2) is 5.17 Å². The van der Waals surface area contributed by atoms with Gasteiger partial charge in [0.1, 0.15) is 6.04 Å². The molecule has 3 rings (SSSR count). The highest BCUT2D eigenvalue weighted by atomic mass is 32.2. The molecule has 8 heteroatoms. The highest BCUT2D eigenvalue weighted by Crippen LogP contribution is 2.38. The Bertz CT molecular complexity index is 807. The lowest BCUT2D eigenvalue weighted by molar-refractivity contribution is 0.172. The van der Waals surface area contributed by atoms with Gasteiger partial charge in [-0.25, -0.2) is 4.99 Å². The van der Waals surface area contributed by atoms with Gasteiger partial charge < -0.3 is 10.4 Å². The van der Waals surface area contributed by atoms with E-state index in [1.165, 1.54) is 25.7 Å². The Balaban J connectivity index is 2.00. The number of fused-ring (bicyclic) bond motifs is 1. The maximum atomic E-state index is 12.1. The number of nitrogens with one attached hydrogen (secondary N) is 2. The molecule has 0 aromatic carbocycles. The number of aliphatic imine (C=N–C) groups is 2. The summed E-state index contributed by atoms with van der Waals surface area (Å²) in [5, 5.41) is 16.7. The van der Waals surface area contributed by atoms with E-state index in [-0.39, 0.29) is 27.9 Å². The lowest BCUT2D eigenvalue weighted by Crippen LogP contribution is -2.36. The summed E-state index contributed by atoms with van der Waals surface area (Å²) in [5.41, 5.74) is 2.93. The first kappa shape index (κ1) is 22.6. The minimum absolute atomic E-state index is 0.0698. The zero-order valence-electron chi connectivity index (χ0n) is 18.0. The number of amidine groups is 1. The van der Waals surface area contributed by atoms with E-state index in [1.54, 1.807) is 13.3 Å². The smallest absolute Gasteiger partial charge is 0.192 e. The molecule has 1 aliphatic heterocycles. The van der Waals surface area contributed by atoms with Crippen LogP contribution in [0.15, 0.2) is 33.4 Å². The Morgan fingerprint density at radius 3 is 2.69 bits per heavy atom. The first-order valence-electron chi connectivity index (χ1n) is 10.4. The Hall–Kier alpha value is -1.09. The van der Waals surface area contributed by atoms with Crippen LogP contribution in [0.5, 0.6) is 0 Å². The molecule has 0 amide bonds. The monoisotopic (exact) mass is 438 g/mol. The quantitative estimate of drug-likeness (QED) is 0.439. The van der Waals surface area contributed by atoms with Gasteiger partial charge in [-0.3, -0.25) is 13.9 Å². The number of rotatable bonds is 6. The second kappa shape index (κ2) is 9.81. The van der Waals surface area contributed by atoms with Gasteiger partial charge in [0.2, 0.25) is 0 Å². The van der Waals surface area contributed by atoms with Crippen LogP contribution in [0.3, 0.4) is 0 Å². The number of hydrogen-bond donors (Lipinski definition) is 3. The lowest BCUT2D eigenvalue weighted by Gasteiger charge is -2.32. The van der Waals surface area contributed by atoms with Crippen molar-refractivity contribution in [2.45, 2.75) is 69.9 Å². The van der Waals surface area contributed by atoms with Gasteiger partial charge in [-0.15, -0.1) is 10.7 Å². The van der Waals surface area contributed by atoms with Crippen LogP contribution in [0.25, 0.3) is 0 Å². The van der Waals surface area contributed by atoms with Crippen molar-refractivity contribution < 1.29 is 9.32 Å². The molecule has 0 spiro atoms. The summed E-state index contributed by atoms with van der Waals surface area (Å²) < 4.78 is 15.9. The van der Waals surface area contributed by atoms with E-state index in [1.807, 2.05) is 13.8 Å². The minimum Gasteiger partial charge on any atom is -0.392 e. The number of aliphatic hydroxyl groups is 1. The Morgan fingerprint density at radius 2 is 2.14 bits per heavy atom. The van der Waals surface area contributed by atoms with Crippen molar-refractivity contribution in [3.05, 3.63) is 23.4 Å². The highest BCUT2D eigenvalue weighted by molar-refractivity contribution is 8.14. The largest absolute Gasteiger partial charge is 0.392 e. The number of hydrogen-bond acceptors (Lipinski definition) is 6. The van der Waals surface area contributed by atoms with Crippen LogP contribution < -0.4 is 10.0 Å². The summed E-state index contributed by atoms with van der Waals surface area (Å²) >= 11 is 0. The van der Waals surface area contributed by atoms with Crippen LogP contribution in [0, 0.1) is 5.92 Å². The number of aliphatic hydroxyl groups excluding tert-OH is 1. The fourth-order valence-electron chi connectivity index (χ4n) is 4.41. The highest BCUT2D eigenvalue weighted by Gasteiger charge is 2.38. The first-order valence-corrected chi connectivity index (χ1v) is 13.3. The standard InChI is InChI=1S/C21H34N4O2S2/c1-6-29(25-16-9-7-8-10-16)18-12-15(19(14(3)26)13(2)22-4)11-17-20(18)24-21(23-17)28(5)27/h6,11-12,14,16,18-20,25-26H,7-10H2,1-5H3,(H,23,24)/t14?,18?,19?,20-,28?,29?/m0/s1. The van der Waals surface area contributed by atoms with Crippen LogP contribution in [0.2, 0.25) is 0 Å². The van der Waals surface area contributed by atoms with Gasteiger partial charge in [0, 0.05) is 36.7 Å². The molecule has 3 aliphatic rings. The number of allylic oxidation sites excluding steroid dienone is 1. The zero-order valence-corrected chi connectivity index (χ0v) is 19.6. The molecule has 1 fully saturated rings. The molecule has 0 aromatic heterocycles. The van der Waals surface area contributed by atoms with E-state index in [0.29, 0.717) is 11.2 Å². The SMILES string of the molecule is C/C=S(/NC1CCCC1)C1C=C(C(C(C)=NC)C(C)O)C=C2NC(S(C)=O)=N[C@@H]21. The molecule has 1 heterocycles. The second-order valence-electron chi connectivity index (χ2n) is 7.98. The molecule has 2 aliphatic carbocycles. The third-order valence-electron chi connectivity index (χ3n) is 5.94. The fourth-order valence-corrected chi connectivity index (χ4v) is 6.95. The lowest BCUT2D eigenvalue weighted by atomic mass is 9.85. The molecule has 0 aromatic rings. The topological polar surface area (TPSA) is 86.1 Å². The van der Waals surface area contributed by atoms with E-state index >= 15 is 0 Å². The zero-order chi connectivity index (χ0) is 21.1. The van der Waals surface area contributed by atoms with Crippen molar-refractivity contribution in [3.63, 3.8) is 0 Å². The average molecular weight is 439 g/mol. The molecule has 0 bridgehead atoms. The molecule has 29 heavy (non-hydrogen) atoms. The van der Waals surface area contributed by atoms with E-state index in [9.17, 15) is 9.32 Å². The molecule has 3 N–H and O–H groups in total. The van der Waals surface area contributed by atoms with Crippen molar-refractivity contribution in [2.24, 2.45) is 15.9 Å². The molecular formula is C21H34N4O2S2. The molecule has 1 saturated carbocycles. The number of nitrogens with zero attached hydrogens (tertiary/aromatic N) is 2. The molecule has 0 saturated heterocycles. The van der Waals surface area contributed by atoms with Gasteiger partial charge in [-0.1, -0.05) is 18.9 Å². The summed E-state index contributed by atoms with van der Waals surface area (Å²) in [6.45, 7) is 5.88. The normalized spacial score (nSPS) is 29.4. The first-order chi connectivity index (χ1) is 13.8. The van der Waals surface area contributed by atoms with Crippen LogP contribution in [0.4, 0.5) is 0 Å². The molecule has 0 radical (unpaired) electrons. The molecule has 162 valence electrons. The Labute approximate surface area is 179 Å². The maximum Gasteiger partial charge on any atom is 0.192 e. The van der Waals surface area contributed by atoms with Crippen LogP contribution in [0.1, 0.15) is 46.5 Å². The van der Waals surface area contributed by atoms with Crippen molar-refractivity contribution in [2.75, 3.05) is 13.3 Å². The average Bonchev–Trinajstić information content (AvgIpc) is 3.34. The maximum absolute atomic E-state index is 12.1. The second-order valence-corrected chi connectivity index (χ2v) is 11.3. The predicted octanol–water partition coefficient (Wildman–Crippen LogP) is 2.51. The molecule has 5 unspecified atom stereocenters. The Morgan fingerprint density at radius 1 is 1.45 bits per heavy atom. The van der Waals surface area contributed by atoms with Gasteiger partial charge >= 0.3 is 0 Å².